The molecule has 2 aromatic rings. The number of carbonyl (C=O) groups is 2. The molecule has 3 N–H and O–H groups in total. The van der Waals surface area contributed by atoms with E-state index in [1.165, 1.54) is 4.90 Å². The van der Waals surface area contributed by atoms with Crippen molar-refractivity contribution in [3.63, 3.8) is 0 Å². The SMILES string of the molecule is COc1cccc(CNCC(OC(=O)[C@H](CC(=O)N(C)C)CS(=O)(=O)CCC(C)C)C(N)Cc2ccccc2)c1. The molecule has 222 valence electrons. The highest BCUT2D eigenvalue weighted by atomic mass is 32.2. The van der Waals surface area contributed by atoms with Crippen LogP contribution in [-0.4, -0.2) is 76.6 Å². The van der Waals surface area contributed by atoms with Crippen molar-refractivity contribution in [3.8, 4) is 5.75 Å². The van der Waals surface area contributed by atoms with Crippen molar-refractivity contribution in [1.29, 1.82) is 0 Å². The molecule has 0 saturated heterocycles. The van der Waals surface area contributed by atoms with Crippen LogP contribution in [0, 0.1) is 11.8 Å². The summed E-state index contributed by atoms with van der Waals surface area (Å²) in [6, 6.07) is 16.7. The summed E-state index contributed by atoms with van der Waals surface area (Å²) < 4.78 is 36.9. The molecule has 0 saturated carbocycles. The number of sulfone groups is 1. The molecule has 0 aliphatic rings. The first kappa shape index (κ1) is 33.3. The second-order valence-electron chi connectivity index (χ2n) is 10.8. The van der Waals surface area contributed by atoms with Gasteiger partial charge in [0.25, 0.3) is 0 Å². The summed E-state index contributed by atoms with van der Waals surface area (Å²) >= 11 is 0. The Balaban J connectivity index is 2.21. The van der Waals surface area contributed by atoms with E-state index < -0.39 is 39.6 Å². The highest BCUT2D eigenvalue weighted by Crippen LogP contribution is 2.17. The van der Waals surface area contributed by atoms with Crippen LogP contribution in [0.25, 0.3) is 0 Å². The highest BCUT2D eigenvalue weighted by Gasteiger charge is 2.33. The molecule has 2 rings (SSSR count). The molecule has 0 fully saturated rings. The van der Waals surface area contributed by atoms with Gasteiger partial charge in [0.15, 0.2) is 9.84 Å². The van der Waals surface area contributed by atoms with Crippen LogP contribution in [0.3, 0.4) is 0 Å². The molecule has 0 aliphatic carbocycles. The molecular weight excluding hydrogens is 530 g/mol. The molecule has 0 radical (unpaired) electrons. The maximum Gasteiger partial charge on any atom is 0.310 e. The molecule has 40 heavy (non-hydrogen) atoms. The fourth-order valence-electron chi connectivity index (χ4n) is 4.09. The Bertz CT molecular complexity index is 1170. The average molecular weight is 576 g/mol. The Kier molecular flexibility index (Phi) is 13.6. The maximum absolute atomic E-state index is 13.4. The van der Waals surface area contributed by atoms with Gasteiger partial charge in [-0.15, -0.1) is 0 Å². The number of hydrogen-bond acceptors (Lipinski definition) is 8. The number of ether oxygens (including phenoxy) is 2. The number of amides is 1. The van der Waals surface area contributed by atoms with Crippen molar-refractivity contribution in [2.75, 3.05) is 39.3 Å². The molecule has 0 spiro atoms. The van der Waals surface area contributed by atoms with Gasteiger partial charge in [-0.1, -0.05) is 56.3 Å². The topological polar surface area (TPSA) is 128 Å². The molecule has 0 bridgehead atoms. The van der Waals surface area contributed by atoms with Crippen LogP contribution >= 0.6 is 0 Å². The van der Waals surface area contributed by atoms with E-state index in [-0.39, 0.29) is 30.5 Å². The van der Waals surface area contributed by atoms with Crippen molar-refractivity contribution in [1.82, 2.24) is 10.2 Å². The second kappa shape index (κ2) is 16.3. The zero-order valence-corrected chi connectivity index (χ0v) is 25.2. The zero-order chi connectivity index (χ0) is 29.7. The largest absolute Gasteiger partial charge is 0.497 e. The summed E-state index contributed by atoms with van der Waals surface area (Å²) in [4.78, 5) is 27.3. The van der Waals surface area contributed by atoms with Crippen LogP contribution in [0.15, 0.2) is 54.6 Å². The Morgan fingerprint density at radius 2 is 1.70 bits per heavy atom. The number of hydrogen-bond donors (Lipinski definition) is 2. The number of esters is 1. The number of benzene rings is 2. The number of carbonyl (C=O) groups excluding carboxylic acids is 2. The van der Waals surface area contributed by atoms with E-state index in [2.05, 4.69) is 5.32 Å². The van der Waals surface area contributed by atoms with Crippen LogP contribution in [-0.2, 0) is 37.1 Å². The zero-order valence-electron chi connectivity index (χ0n) is 24.3. The van der Waals surface area contributed by atoms with E-state index in [0.717, 1.165) is 16.9 Å². The van der Waals surface area contributed by atoms with Gasteiger partial charge in [-0.05, 0) is 42.0 Å². The molecule has 10 heteroatoms. The third-order valence-corrected chi connectivity index (χ3v) is 8.35. The van der Waals surface area contributed by atoms with Gasteiger partial charge in [-0.25, -0.2) is 8.42 Å². The minimum Gasteiger partial charge on any atom is -0.497 e. The third-order valence-electron chi connectivity index (χ3n) is 6.58. The standard InChI is InChI=1S/C30H45N3O6S/c1-22(2)14-15-40(36,37)21-25(18-29(34)33(3)4)30(35)39-28(27(31)17-23-10-7-6-8-11-23)20-32-19-24-12-9-13-26(16-24)38-5/h6-13,16,22,25,27-28,32H,14-15,17-21,31H2,1-5H3/t25-,27?,28?/m1/s1. The van der Waals surface area contributed by atoms with Crippen LogP contribution in [0.5, 0.6) is 5.75 Å². The third kappa shape index (κ3) is 12.1. The van der Waals surface area contributed by atoms with Crippen molar-refractivity contribution >= 4 is 21.7 Å². The quantitative estimate of drug-likeness (QED) is 0.276. The summed E-state index contributed by atoms with van der Waals surface area (Å²) in [6.07, 6.45) is -0.0865. The number of nitrogens with two attached hydrogens (primary N) is 1. The Morgan fingerprint density at radius 3 is 2.33 bits per heavy atom. The predicted octanol–water partition coefficient (Wildman–Crippen LogP) is 2.82. The van der Waals surface area contributed by atoms with E-state index in [0.29, 0.717) is 19.4 Å². The molecule has 0 aromatic heterocycles. The Labute approximate surface area is 239 Å². The van der Waals surface area contributed by atoms with Crippen LogP contribution in [0.2, 0.25) is 0 Å². The van der Waals surface area contributed by atoms with Gasteiger partial charge in [-0.3, -0.25) is 9.59 Å². The Morgan fingerprint density at radius 1 is 1.02 bits per heavy atom. The van der Waals surface area contributed by atoms with Crippen molar-refractivity contribution in [2.45, 2.75) is 51.8 Å². The van der Waals surface area contributed by atoms with Crippen LogP contribution in [0.1, 0.15) is 37.8 Å². The lowest BCUT2D eigenvalue weighted by atomic mass is 10.0. The normalized spacial score (nSPS) is 13.9. The highest BCUT2D eigenvalue weighted by molar-refractivity contribution is 7.91. The van der Waals surface area contributed by atoms with Crippen molar-refractivity contribution < 1.29 is 27.5 Å². The van der Waals surface area contributed by atoms with E-state index in [1.54, 1.807) is 21.2 Å². The fourth-order valence-corrected chi connectivity index (χ4v) is 5.96. The van der Waals surface area contributed by atoms with Gasteiger partial charge in [0.2, 0.25) is 5.91 Å². The second-order valence-corrected chi connectivity index (χ2v) is 13.0. The van der Waals surface area contributed by atoms with Crippen molar-refractivity contribution in [2.24, 2.45) is 17.6 Å². The molecule has 3 atom stereocenters. The molecule has 2 aromatic carbocycles. The first-order valence-corrected chi connectivity index (χ1v) is 15.5. The monoisotopic (exact) mass is 575 g/mol. The number of nitrogens with zero attached hydrogens (tertiary/aromatic N) is 1. The Hall–Kier alpha value is -2.95. The maximum atomic E-state index is 13.4. The van der Waals surface area contributed by atoms with E-state index in [4.69, 9.17) is 15.2 Å². The van der Waals surface area contributed by atoms with Gasteiger partial charge in [0.1, 0.15) is 11.9 Å². The van der Waals surface area contributed by atoms with Gasteiger partial charge in [-0.2, -0.15) is 0 Å². The summed E-state index contributed by atoms with van der Waals surface area (Å²) in [7, 11) is 1.15. The number of rotatable bonds is 17. The lowest BCUT2D eigenvalue weighted by Gasteiger charge is -2.27. The lowest BCUT2D eigenvalue weighted by molar-refractivity contribution is -0.156. The minimum absolute atomic E-state index is 0.0519. The van der Waals surface area contributed by atoms with Crippen molar-refractivity contribution in [3.05, 3.63) is 65.7 Å². The summed E-state index contributed by atoms with van der Waals surface area (Å²) in [5.41, 5.74) is 8.51. The van der Waals surface area contributed by atoms with E-state index >= 15 is 0 Å². The summed E-state index contributed by atoms with van der Waals surface area (Å²) in [5.74, 6) is -1.78. The smallest absolute Gasteiger partial charge is 0.310 e. The fraction of sp³-hybridized carbons (Fsp3) is 0.533. The van der Waals surface area contributed by atoms with Gasteiger partial charge in [0.05, 0.1) is 24.5 Å². The first-order valence-electron chi connectivity index (χ1n) is 13.6. The molecule has 0 aliphatic heterocycles. The van der Waals surface area contributed by atoms with Gasteiger partial charge >= 0.3 is 5.97 Å². The molecule has 2 unspecified atom stereocenters. The molecule has 9 nitrogen and oxygen atoms in total. The van der Waals surface area contributed by atoms with E-state index in [1.807, 2.05) is 68.4 Å². The van der Waals surface area contributed by atoms with Gasteiger partial charge < -0.3 is 25.4 Å². The van der Waals surface area contributed by atoms with Crippen LogP contribution < -0.4 is 15.8 Å². The van der Waals surface area contributed by atoms with Crippen LogP contribution in [0.4, 0.5) is 0 Å². The molecular formula is C30H45N3O6S. The number of nitrogens with one attached hydrogen (secondary N) is 1. The number of methoxy groups -OCH3 is 1. The minimum atomic E-state index is -3.59. The average Bonchev–Trinajstić information content (AvgIpc) is 2.91. The lowest BCUT2D eigenvalue weighted by Crippen LogP contribution is -2.47. The first-order chi connectivity index (χ1) is 18.9. The summed E-state index contributed by atoms with van der Waals surface area (Å²) in [5, 5.41) is 3.30. The van der Waals surface area contributed by atoms with Gasteiger partial charge in [0, 0.05) is 39.6 Å². The molecule has 0 heterocycles. The molecule has 1 amide bonds. The predicted molar refractivity (Wildman–Crippen MR) is 158 cm³/mol. The summed E-state index contributed by atoms with van der Waals surface area (Å²) in [6.45, 7) is 4.60. The van der Waals surface area contributed by atoms with E-state index in [9.17, 15) is 18.0 Å².